The standard InChI is InChI=1S/C16H26N4O2S/c1-17-16(19-15-8-9-23(21,22)12-15)18-10-13-4-6-14(7-5-13)11-20(2)3/h4-7,15H,8-12H2,1-3H3,(H2,17,18,19). The zero-order valence-electron chi connectivity index (χ0n) is 14.0. The van der Waals surface area contributed by atoms with Crippen LogP contribution in [0, 0.1) is 0 Å². The van der Waals surface area contributed by atoms with Crippen LogP contribution in [0.25, 0.3) is 0 Å². The van der Waals surface area contributed by atoms with E-state index in [1.165, 1.54) is 5.56 Å². The maximum Gasteiger partial charge on any atom is 0.191 e. The first-order valence-corrected chi connectivity index (χ1v) is 9.60. The molecule has 0 aromatic heterocycles. The minimum atomic E-state index is -2.88. The van der Waals surface area contributed by atoms with Crippen molar-refractivity contribution in [3.05, 3.63) is 35.4 Å². The maximum absolute atomic E-state index is 11.5. The number of guanidine groups is 1. The van der Waals surface area contributed by atoms with Gasteiger partial charge in [0.05, 0.1) is 11.5 Å². The summed E-state index contributed by atoms with van der Waals surface area (Å²) in [7, 11) is 2.91. The predicted octanol–water partition coefficient (Wildman–Crippen LogP) is 0.600. The highest BCUT2D eigenvalue weighted by Gasteiger charge is 2.28. The quantitative estimate of drug-likeness (QED) is 0.608. The summed E-state index contributed by atoms with van der Waals surface area (Å²) in [4.78, 5) is 6.30. The van der Waals surface area contributed by atoms with Gasteiger partial charge in [-0.05, 0) is 31.6 Å². The van der Waals surface area contributed by atoms with E-state index in [2.05, 4.69) is 44.8 Å². The van der Waals surface area contributed by atoms with Crippen LogP contribution in [0.2, 0.25) is 0 Å². The van der Waals surface area contributed by atoms with Crippen molar-refractivity contribution in [1.29, 1.82) is 0 Å². The van der Waals surface area contributed by atoms with Crippen molar-refractivity contribution in [3.8, 4) is 0 Å². The number of hydrogen-bond acceptors (Lipinski definition) is 4. The van der Waals surface area contributed by atoms with Crippen LogP contribution in [0.15, 0.2) is 29.3 Å². The molecule has 0 saturated carbocycles. The highest BCUT2D eigenvalue weighted by Crippen LogP contribution is 2.11. The lowest BCUT2D eigenvalue weighted by Gasteiger charge is -2.16. The summed E-state index contributed by atoms with van der Waals surface area (Å²) in [5.74, 6) is 1.09. The Hall–Kier alpha value is -1.60. The summed E-state index contributed by atoms with van der Waals surface area (Å²) < 4.78 is 23.0. The number of sulfone groups is 1. The Labute approximate surface area is 138 Å². The second kappa shape index (κ2) is 7.79. The van der Waals surface area contributed by atoms with Gasteiger partial charge in [0.2, 0.25) is 0 Å². The summed E-state index contributed by atoms with van der Waals surface area (Å²) in [5.41, 5.74) is 2.44. The van der Waals surface area contributed by atoms with Gasteiger partial charge in [-0.1, -0.05) is 24.3 Å². The van der Waals surface area contributed by atoms with E-state index in [9.17, 15) is 8.42 Å². The Morgan fingerprint density at radius 1 is 1.26 bits per heavy atom. The van der Waals surface area contributed by atoms with Gasteiger partial charge in [-0.15, -0.1) is 0 Å². The third-order valence-corrected chi connectivity index (χ3v) is 5.55. The molecule has 0 radical (unpaired) electrons. The molecule has 0 bridgehead atoms. The van der Waals surface area contributed by atoms with E-state index in [0.29, 0.717) is 18.9 Å². The fourth-order valence-electron chi connectivity index (χ4n) is 2.61. The van der Waals surface area contributed by atoms with Gasteiger partial charge in [-0.3, -0.25) is 4.99 Å². The minimum Gasteiger partial charge on any atom is -0.353 e. The molecule has 128 valence electrons. The second-order valence-electron chi connectivity index (χ2n) is 6.22. The van der Waals surface area contributed by atoms with Gasteiger partial charge in [0.1, 0.15) is 0 Å². The Bertz CT molecular complexity index is 639. The zero-order valence-corrected chi connectivity index (χ0v) is 14.9. The summed E-state index contributed by atoms with van der Waals surface area (Å²) in [6.07, 6.45) is 0.641. The lowest BCUT2D eigenvalue weighted by Crippen LogP contribution is -2.43. The number of benzene rings is 1. The zero-order chi connectivity index (χ0) is 16.9. The topological polar surface area (TPSA) is 73.8 Å². The number of nitrogens with zero attached hydrogens (tertiary/aromatic N) is 2. The molecule has 2 N–H and O–H groups in total. The fourth-order valence-corrected chi connectivity index (χ4v) is 4.28. The third kappa shape index (κ3) is 5.84. The molecule has 6 nitrogen and oxygen atoms in total. The average Bonchev–Trinajstić information content (AvgIpc) is 2.83. The molecule has 1 aliphatic heterocycles. The lowest BCUT2D eigenvalue weighted by molar-refractivity contribution is 0.402. The van der Waals surface area contributed by atoms with Crippen molar-refractivity contribution in [2.75, 3.05) is 32.6 Å². The largest absolute Gasteiger partial charge is 0.353 e. The molecule has 1 heterocycles. The summed E-state index contributed by atoms with van der Waals surface area (Å²) in [6, 6.07) is 8.39. The molecule has 1 unspecified atom stereocenters. The summed E-state index contributed by atoms with van der Waals surface area (Å²) >= 11 is 0. The van der Waals surface area contributed by atoms with Crippen LogP contribution in [0.4, 0.5) is 0 Å². The molecule has 0 aliphatic carbocycles. The van der Waals surface area contributed by atoms with Gasteiger partial charge in [0.25, 0.3) is 0 Å². The highest BCUT2D eigenvalue weighted by atomic mass is 32.2. The van der Waals surface area contributed by atoms with Crippen molar-refractivity contribution in [2.45, 2.75) is 25.6 Å². The Balaban J connectivity index is 1.83. The summed E-state index contributed by atoms with van der Waals surface area (Å²) in [6.45, 7) is 1.58. The van der Waals surface area contributed by atoms with Gasteiger partial charge >= 0.3 is 0 Å². The molecule has 1 fully saturated rings. The van der Waals surface area contributed by atoms with Crippen LogP contribution in [0.1, 0.15) is 17.5 Å². The van der Waals surface area contributed by atoms with Crippen molar-refractivity contribution < 1.29 is 8.42 Å². The fraction of sp³-hybridized carbons (Fsp3) is 0.562. The van der Waals surface area contributed by atoms with Gasteiger partial charge in [-0.2, -0.15) is 0 Å². The highest BCUT2D eigenvalue weighted by molar-refractivity contribution is 7.91. The van der Waals surface area contributed by atoms with E-state index >= 15 is 0 Å². The molecule has 23 heavy (non-hydrogen) atoms. The van der Waals surface area contributed by atoms with Gasteiger partial charge in [-0.25, -0.2) is 8.42 Å². The monoisotopic (exact) mass is 338 g/mol. The van der Waals surface area contributed by atoms with Crippen molar-refractivity contribution in [1.82, 2.24) is 15.5 Å². The molecule has 1 aliphatic rings. The number of hydrogen-bond donors (Lipinski definition) is 2. The molecule has 0 spiro atoms. The minimum absolute atomic E-state index is 0.0475. The first-order chi connectivity index (χ1) is 10.9. The van der Waals surface area contributed by atoms with E-state index in [0.717, 1.165) is 12.1 Å². The van der Waals surface area contributed by atoms with E-state index < -0.39 is 9.84 Å². The smallest absolute Gasteiger partial charge is 0.191 e. The molecule has 1 atom stereocenters. The molecular weight excluding hydrogens is 312 g/mol. The van der Waals surface area contributed by atoms with Crippen LogP contribution in [-0.4, -0.2) is 58.0 Å². The van der Waals surface area contributed by atoms with Gasteiger partial charge in [0.15, 0.2) is 15.8 Å². The Morgan fingerprint density at radius 3 is 2.43 bits per heavy atom. The van der Waals surface area contributed by atoms with Crippen LogP contribution in [-0.2, 0) is 22.9 Å². The average molecular weight is 338 g/mol. The molecule has 0 amide bonds. The third-order valence-electron chi connectivity index (χ3n) is 3.78. The molecule has 1 saturated heterocycles. The van der Waals surface area contributed by atoms with Crippen molar-refractivity contribution >= 4 is 15.8 Å². The van der Waals surface area contributed by atoms with Gasteiger partial charge in [0, 0.05) is 26.2 Å². The van der Waals surface area contributed by atoms with Crippen LogP contribution >= 0.6 is 0 Å². The predicted molar refractivity (Wildman–Crippen MR) is 94.2 cm³/mol. The SMILES string of the molecule is CN=C(NCc1ccc(CN(C)C)cc1)NC1CCS(=O)(=O)C1. The van der Waals surface area contributed by atoms with Gasteiger partial charge < -0.3 is 15.5 Å². The number of nitrogens with one attached hydrogen (secondary N) is 2. The molecule has 2 rings (SSSR count). The van der Waals surface area contributed by atoms with E-state index in [1.54, 1.807) is 7.05 Å². The van der Waals surface area contributed by atoms with E-state index in [-0.39, 0.29) is 17.5 Å². The first-order valence-electron chi connectivity index (χ1n) is 7.78. The van der Waals surface area contributed by atoms with E-state index in [1.807, 2.05) is 14.1 Å². The number of rotatable bonds is 5. The van der Waals surface area contributed by atoms with Crippen LogP contribution in [0.5, 0.6) is 0 Å². The molecular formula is C16H26N4O2S. The van der Waals surface area contributed by atoms with Crippen molar-refractivity contribution in [2.24, 2.45) is 4.99 Å². The Morgan fingerprint density at radius 2 is 1.91 bits per heavy atom. The normalized spacial score (nSPS) is 20.7. The van der Waals surface area contributed by atoms with Crippen LogP contribution in [0.3, 0.4) is 0 Å². The maximum atomic E-state index is 11.5. The molecule has 1 aromatic rings. The molecule has 1 aromatic carbocycles. The van der Waals surface area contributed by atoms with Crippen molar-refractivity contribution in [3.63, 3.8) is 0 Å². The summed E-state index contributed by atoms with van der Waals surface area (Å²) in [5, 5.41) is 6.42. The van der Waals surface area contributed by atoms with Crippen LogP contribution < -0.4 is 10.6 Å². The Kier molecular flexibility index (Phi) is 6.01. The lowest BCUT2D eigenvalue weighted by atomic mass is 10.1. The first kappa shape index (κ1) is 17.7. The molecule has 7 heteroatoms. The second-order valence-corrected chi connectivity index (χ2v) is 8.45. The van der Waals surface area contributed by atoms with E-state index in [4.69, 9.17) is 0 Å². The number of aliphatic imine (C=N–C) groups is 1.